The molecule has 16 heavy (non-hydrogen) atoms. The van der Waals surface area contributed by atoms with Gasteiger partial charge in [-0.2, -0.15) is 0 Å². The second kappa shape index (κ2) is 8.96. The molecule has 10 heteroatoms. The molecule has 0 aliphatic carbocycles. The van der Waals surface area contributed by atoms with Crippen molar-refractivity contribution in [2.75, 3.05) is 0 Å². The first-order valence-electron chi connectivity index (χ1n) is 2.99. The van der Waals surface area contributed by atoms with Gasteiger partial charge >= 0.3 is 88.7 Å². The normalized spacial score (nSPS) is 16.4. The molecule has 0 N–H and O–H groups in total. The zero-order chi connectivity index (χ0) is 10.2. The Kier molecular flexibility index (Phi) is 12.4. The Hall–Kier alpha value is 0.950. The number of rotatable bonds is 3. The molecule has 1 aliphatic rings. The van der Waals surface area contributed by atoms with Crippen molar-refractivity contribution in [3.8, 4) is 0 Å². The van der Waals surface area contributed by atoms with Gasteiger partial charge < -0.3 is 34.4 Å². The molecule has 0 bridgehead atoms. The van der Waals surface area contributed by atoms with Crippen LogP contribution in [-0.4, -0.2) is 24.0 Å². The SMILES string of the molecule is O=C([O-])C1=C(C(=O)[O-])C(C(=O)[O-])O1.[Na+].[Na+].[Na+]. The molecule has 0 saturated carbocycles. The van der Waals surface area contributed by atoms with Crippen molar-refractivity contribution in [3.05, 3.63) is 11.3 Å². The van der Waals surface area contributed by atoms with Crippen LogP contribution < -0.4 is 104 Å². The Morgan fingerprint density at radius 2 is 1.38 bits per heavy atom. The smallest absolute Gasteiger partial charge is 0.546 e. The molecule has 1 rings (SSSR count). The number of carboxylic acids is 3. The van der Waals surface area contributed by atoms with Crippen LogP contribution in [0.3, 0.4) is 0 Å². The fourth-order valence-electron chi connectivity index (χ4n) is 0.825. The van der Waals surface area contributed by atoms with Crippen molar-refractivity contribution in [2.45, 2.75) is 6.10 Å². The summed E-state index contributed by atoms with van der Waals surface area (Å²) in [6, 6.07) is 0. The van der Waals surface area contributed by atoms with E-state index < -0.39 is 35.3 Å². The number of carbonyl (C=O) groups excluding carboxylic acids is 3. The van der Waals surface area contributed by atoms with E-state index in [0.29, 0.717) is 0 Å². The van der Waals surface area contributed by atoms with Crippen LogP contribution in [0.1, 0.15) is 0 Å². The maximum Gasteiger partial charge on any atom is 1.00 e. The van der Waals surface area contributed by atoms with Gasteiger partial charge in [-0.1, -0.05) is 0 Å². The molecule has 1 atom stereocenters. The monoisotopic (exact) mass is 254 g/mol. The Bertz CT molecular complexity index is 337. The van der Waals surface area contributed by atoms with Crippen LogP contribution in [0.15, 0.2) is 11.3 Å². The minimum Gasteiger partial charge on any atom is -0.546 e. The van der Waals surface area contributed by atoms with E-state index >= 15 is 0 Å². The summed E-state index contributed by atoms with van der Waals surface area (Å²) in [7, 11) is 0. The van der Waals surface area contributed by atoms with Crippen molar-refractivity contribution in [1.29, 1.82) is 0 Å². The summed E-state index contributed by atoms with van der Waals surface area (Å²) in [5, 5.41) is 30.3. The molecule has 0 saturated heterocycles. The fraction of sp³-hybridized carbons (Fsp3) is 0.167. The van der Waals surface area contributed by atoms with Gasteiger partial charge in [-0.3, -0.25) is 0 Å². The summed E-state index contributed by atoms with van der Waals surface area (Å²) >= 11 is 0. The maximum absolute atomic E-state index is 10.2. The van der Waals surface area contributed by atoms with Crippen LogP contribution in [0.4, 0.5) is 0 Å². The number of hydrogen-bond donors (Lipinski definition) is 0. The van der Waals surface area contributed by atoms with Gasteiger partial charge in [-0.15, -0.1) is 0 Å². The third kappa shape index (κ3) is 4.67. The molecule has 1 aliphatic heterocycles. The van der Waals surface area contributed by atoms with E-state index in [0.717, 1.165) is 0 Å². The average Bonchev–Trinajstić information content (AvgIpc) is 1.79. The summed E-state index contributed by atoms with van der Waals surface area (Å²) < 4.78 is 4.07. The van der Waals surface area contributed by atoms with Gasteiger partial charge in [0.25, 0.3) is 0 Å². The first-order valence-corrected chi connectivity index (χ1v) is 2.99. The van der Waals surface area contributed by atoms with Gasteiger partial charge in [0, 0.05) is 0 Å². The van der Waals surface area contributed by atoms with Crippen LogP contribution in [0.25, 0.3) is 0 Å². The minimum absolute atomic E-state index is 0. The van der Waals surface area contributed by atoms with E-state index in [2.05, 4.69) is 4.74 Å². The number of hydrogen-bond acceptors (Lipinski definition) is 7. The zero-order valence-electron chi connectivity index (χ0n) is 8.94. The van der Waals surface area contributed by atoms with E-state index in [9.17, 15) is 29.7 Å². The number of carboxylic acid groups (broad SMARTS) is 3. The standard InChI is InChI=1S/C6H4O7.3Na/c7-4(8)1-2(5(9)10)13-3(1)6(11)12;;;/h2H,(H,7,8)(H,9,10)(H,11,12);;;/q;3*+1/p-3. The van der Waals surface area contributed by atoms with Gasteiger partial charge in [0.05, 0.1) is 17.5 Å². The summed E-state index contributed by atoms with van der Waals surface area (Å²) in [5.74, 6) is -6.71. The molecule has 0 amide bonds. The molecule has 0 aromatic rings. The third-order valence-electron chi connectivity index (χ3n) is 1.36. The molecular weight excluding hydrogens is 253 g/mol. The van der Waals surface area contributed by atoms with E-state index in [1.165, 1.54) is 0 Å². The van der Waals surface area contributed by atoms with Crippen LogP contribution >= 0.6 is 0 Å². The largest absolute Gasteiger partial charge is 1.00 e. The molecule has 0 radical (unpaired) electrons. The molecule has 1 heterocycles. The van der Waals surface area contributed by atoms with Crippen molar-refractivity contribution in [2.24, 2.45) is 0 Å². The van der Waals surface area contributed by atoms with Crippen LogP contribution in [0.5, 0.6) is 0 Å². The summed E-state index contributed by atoms with van der Waals surface area (Å²) in [6.07, 6.45) is -1.89. The Labute approximate surface area is 156 Å². The maximum atomic E-state index is 10.2. The van der Waals surface area contributed by atoms with Gasteiger partial charge in [0.2, 0.25) is 0 Å². The molecule has 0 aromatic carbocycles. The Morgan fingerprint density at radius 3 is 1.62 bits per heavy atom. The minimum atomic E-state index is -1.93. The molecule has 70 valence electrons. The van der Waals surface area contributed by atoms with Crippen molar-refractivity contribution in [1.82, 2.24) is 0 Å². The van der Waals surface area contributed by atoms with Crippen LogP contribution in [-0.2, 0) is 19.1 Å². The third-order valence-corrected chi connectivity index (χ3v) is 1.36. The second-order valence-corrected chi connectivity index (χ2v) is 2.13. The molecule has 0 aromatic heterocycles. The topological polar surface area (TPSA) is 130 Å². The fourth-order valence-corrected chi connectivity index (χ4v) is 0.825. The van der Waals surface area contributed by atoms with Crippen molar-refractivity contribution in [3.63, 3.8) is 0 Å². The quantitative estimate of drug-likeness (QED) is 0.457. The molecule has 0 fully saturated rings. The predicted molar refractivity (Wildman–Crippen MR) is 26.9 cm³/mol. The zero-order valence-corrected chi connectivity index (χ0v) is 14.9. The summed E-state index contributed by atoms with van der Waals surface area (Å²) in [4.78, 5) is 30.3. The predicted octanol–water partition coefficient (Wildman–Crippen LogP) is -14.1. The van der Waals surface area contributed by atoms with Gasteiger partial charge in [-0.05, 0) is 0 Å². The number of aliphatic carboxylic acids is 3. The van der Waals surface area contributed by atoms with E-state index in [4.69, 9.17) is 0 Å². The molecule has 0 spiro atoms. The van der Waals surface area contributed by atoms with Crippen LogP contribution in [0, 0.1) is 0 Å². The summed E-state index contributed by atoms with van der Waals surface area (Å²) in [6.45, 7) is 0. The Balaban J connectivity index is -0.000000563. The summed E-state index contributed by atoms with van der Waals surface area (Å²) in [5.41, 5.74) is -0.972. The van der Waals surface area contributed by atoms with Crippen LogP contribution in [0.2, 0.25) is 0 Å². The Morgan fingerprint density at radius 1 is 0.938 bits per heavy atom. The van der Waals surface area contributed by atoms with E-state index in [1.807, 2.05) is 0 Å². The van der Waals surface area contributed by atoms with Crippen molar-refractivity contribution >= 4 is 17.9 Å². The van der Waals surface area contributed by atoms with Crippen molar-refractivity contribution < 1.29 is 123 Å². The molecule has 1 unspecified atom stereocenters. The molecule has 7 nitrogen and oxygen atoms in total. The molecular formula is C6HNa3O7. The first kappa shape index (κ1) is 22.2. The number of carbonyl (C=O) groups is 3. The number of ether oxygens (including phenoxy) is 1. The van der Waals surface area contributed by atoms with Gasteiger partial charge in [0.15, 0.2) is 11.9 Å². The van der Waals surface area contributed by atoms with Gasteiger partial charge in [-0.25, -0.2) is 0 Å². The van der Waals surface area contributed by atoms with Gasteiger partial charge in [0.1, 0.15) is 5.97 Å². The van der Waals surface area contributed by atoms with E-state index in [-0.39, 0.29) is 88.7 Å². The average molecular weight is 254 g/mol. The first-order chi connectivity index (χ1) is 5.95. The second-order valence-electron chi connectivity index (χ2n) is 2.13. The van der Waals surface area contributed by atoms with E-state index in [1.54, 1.807) is 0 Å².